The molecule has 4 rings (SSSR count). The Bertz CT molecular complexity index is 829. The topological polar surface area (TPSA) is 93.2 Å². The van der Waals surface area contributed by atoms with Gasteiger partial charge in [-0.1, -0.05) is 6.07 Å². The van der Waals surface area contributed by atoms with Gasteiger partial charge in [0.25, 0.3) is 5.91 Å². The number of fused-ring (bicyclic) bond motifs is 1. The van der Waals surface area contributed by atoms with Crippen LogP contribution in [0.25, 0.3) is 0 Å². The Kier molecular flexibility index (Phi) is 5.40. The lowest BCUT2D eigenvalue weighted by molar-refractivity contribution is 0.0774. The fourth-order valence-electron chi connectivity index (χ4n) is 3.36. The average Bonchev–Trinajstić information content (AvgIpc) is 3.17. The number of nitrogen functional groups attached to an aromatic ring is 1. The number of hydrogen-bond donors (Lipinski definition) is 2. The number of nitrogens with one attached hydrogen (secondary N) is 1. The zero-order valence-electron chi connectivity index (χ0n) is 16.0. The third-order valence-electron chi connectivity index (χ3n) is 5.07. The third-order valence-corrected chi connectivity index (χ3v) is 5.07. The van der Waals surface area contributed by atoms with Crippen molar-refractivity contribution in [2.75, 3.05) is 52.1 Å². The van der Waals surface area contributed by atoms with Crippen LogP contribution in [-0.4, -0.2) is 68.2 Å². The molecule has 3 N–H and O–H groups in total. The minimum absolute atomic E-state index is 0.264. The van der Waals surface area contributed by atoms with Gasteiger partial charge in [0.1, 0.15) is 12.4 Å². The van der Waals surface area contributed by atoms with Crippen LogP contribution in [-0.2, 0) is 6.54 Å². The number of nitrogens with zero attached hydrogens (tertiary/aromatic N) is 2. The van der Waals surface area contributed by atoms with Crippen molar-refractivity contribution in [3.63, 3.8) is 0 Å². The fraction of sp³-hybridized carbons (Fsp3) is 0.450. The second kappa shape index (κ2) is 8.12. The van der Waals surface area contributed by atoms with E-state index >= 15 is 0 Å². The molecule has 0 bridgehead atoms. The predicted octanol–water partition coefficient (Wildman–Crippen LogP) is 1.18. The van der Waals surface area contributed by atoms with Crippen molar-refractivity contribution in [1.29, 1.82) is 0 Å². The van der Waals surface area contributed by atoms with E-state index in [4.69, 9.17) is 19.6 Å². The molecule has 1 atom stereocenters. The maximum atomic E-state index is 12.4. The highest BCUT2D eigenvalue weighted by molar-refractivity contribution is 5.91. The first-order valence-electron chi connectivity index (χ1n) is 9.54. The Balaban J connectivity index is 1.28. The number of hydrogen-bond acceptors (Lipinski definition) is 7. The monoisotopic (exact) mass is 386 g/mol. The Morgan fingerprint density at radius 3 is 2.86 bits per heavy atom. The lowest BCUT2D eigenvalue weighted by Gasteiger charge is -2.31. The molecule has 0 saturated carbocycles. The van der Waals surface area contributed by atoms with Crippen LogP contribution in [0.3, 0.4) is 0 Å². The molecule has 0 radical (unpaired) electrons. The van der Waals surface area contributed by atoms with Gasteiger partial charge in [-0.15, -0.1) is 0 Å². The first-order chi connectivity index (χ1) is 13.6. The Morgan fingerprint density at radius 2 is 2.04 bits per heavy atom. The molecule has 1 unspecified atom stereocenters. The summed E-state index contributed by atoms with van der Waals surface area (Å²) in [5, 5.41) is 2.84. The maximum absolute atomic E-state index is 12.4. The van der Waals surface area contributed by atoms with Crippen molar-refractivity contribution in [3.8, 4) is 11.5 Å². The molecule has 1 fully saturated rings. The fourth-order valence-corrected chi connectivity index (χ4v) is 3.36. The van der Waals surface area contributed by atoms with Crippen molar-refractivity contribution in [3.05, 3.63) is 41.9 Å². The van der Waals surface area contributed by atoms with Crippen molar-refractivity contribution >= 4 is 11.6 Å². The summed E-state index contributed by atoms with van der Waals surface area (Å²) in [6, 6.07) is 8.96. The highest BCUT2D eigenvalue weighted by Crippen LogP contribution is 2.36. The lowest BCUT2D eigenvalue weighted by atomic mass is 10.2. The zero-order valence-corrected chi connectivity index (χ0v) is 16.0. The summed E-state index contributed by atoms with van der Waals surface area (Å²) in [7, 11) is 2.13. The molecule has 0 aliphatic carbocycles. The normalized spacial score (nSPS) is 20.1. The van der Waals surface area contributed by atoms with E-state index in [0.717, 1.165) is 38.5 Å². The molecule has 3 heterocycles. The molecule has 2 aliphatic heterocycles. The molecular formula is C20H26N4O4. The molecule has 0 spiro atoms. The average molecular weight is 386 g/mol. The maximum Gasteiger partial charge on any atom is 0.287 e. The largest absolute Gasteiger partial charge is 0.486 e. The Hall–Kier alpha value is -2.71. The first-order valence-corrected chi connectivity index (χ1v) is 9.54. The summed E-state index contributed by atoms with van der Waals surface area (Å²) < 4.78 is 17.3. The minimum Gasteiger partial charge on any atom is -0.486 e. The molecular weight excluding hydrogens is 360 g/mol. The van der Waals surface area contributed by atoms with E-state index in [-0.39, 0.29) is 12.0 Å². The van der Waals surface area contributed by atoms with E-state index in [1.807, 2.05) is 18.2 Å². The molecule has 150 valence electrons. The van der Waals surface area contributed by atoms with E-state index in [1.165, 1.54) is 0 Å². The predicted molar refractivity (Wildman–Crippen MR) is 105 cm³/mol. The molecule has 1 saturated heterocycles. The van der Waals surface area contributed by atoms with Crippen LogP contribution in [0.5, 0.6) is 11.5 Å². The number of likely N-dealkylation sites (N-methyl/N-ethyl adjacent to an activating group) is 1. The van der Waals surface area contributed by atoms with E-state index in [0.29, 0.717) is 36.1 Å². The van der Waals surface area contributed by atoms with Gasteiger partial charge >= 0.3 is 0 Å². The van der Waals surface area contributed by atoms with Crippen LogP contribution in [0, 0.1) is 0 Å². The van der Waals surface area contributed by atoms with Gasteiger partial charge in [-0.2, -0.15) is 0 Å². The Labute approximate surface area is 164 Å². The lowest BCUT2D eigenvalue weighted by Crippen LogP contribution is -2.43. The summed E-state index contributed by atoms with van der Waals surface area (Å²) in [6.45, 7) is 5.47. The summed E-state index contributed by atoms with van der Waals surface area (Å²) >= 11 is 0. The van der Waals surface area contributed by atoms with Crippen LogP contribution in [0.15, 0.2) is 34.7 Å². The number of furan rings is 1. The number of carbonyl (C=O) groups excluding carboxylic acids is 1. The first kappa shape index (κ1) is 18.6. The molecule has 1 amide bonds. The van der Waals surface area contributed by atoms with Gasteiger partial charge < -0.3 is 29.8 Å². The number of rotatable bonds is 5. The SMILES string of the molecule is CN1CCN(Cc2ccc(C(=O)NCC3COc4cccc(N)c4O3)o2)CC1. The van der Waals surface area contributed by atoms with Gasteiger partial charge in [-0.3, -0.25) is 9.69 Å². The molecule has 2 aromatic rings. The summed E-state index contributed by atoms with van der Waals surface area (Å²) in [4.78, 5) is 17.0. The number of ether oxygens (including phenoxy) is 2. The smallest absolute Gasteiger partial charge is 0.287 e. The van der Waals surface area contributed by atoms with E-state index < -0.39 is 0 Å². The van der Waals surface area contributed by atoms with Gasteiger partial charge in [0.2, 0.25) is 0 Å². The van der Waals surface area contributed by atoms with Crippen LogP contribution in [0.1, 0.15) is 16.3 Å². The van der Waals surface area contributed by atoms with Crippen LogP contribution in [0.2, 0.25) is 0 Å². The number of benzene rings is 1. The minimum atomic E-state index is -0.305. The van der Waals surface area contributed by atoms with Crippen LogP contribution >= 0.6 is 0 Å². The highest BCUT2D eigenvalue weighted by atomic mass is 16.6. The summed E-state index contributed by atoms with van der Waals surface area (Å²) in [5.41, 5.74) is 6.45. The molecule has 1 aromatic heterocycles. The summed E-state index contributed by atoms with van der Waals surface area (Å²) in [5.74, 6) is 2.00. The molecule has 1 aromatic carbocycles. The zero-order chi connectivity index (χ0) is 19.5. The number of piperazine rings is 1. The number of nitrogens with two attached hydrogens (primary N) is 1. The molecule has 8 nitrogen and oxygen atoms in total. The number of para-hydroxylation sites is 1. The molecule has 2 aliphatic rings. The van der Waals surface area contributed by atoms with Crippen molar-refractivity contribution in [1.82, 2.24) is 15.1 Å². The number of amides is 1. The Morgan fingerprint density at radius 1 is 1.21 bits per heavy atom. The van der Waals surface area contributed by atoms with Gasteiger partial charge in [-0.25, -0.2) is 0 Å². The number of carbonyl (C=O) groups is 1. The van der Waals surface area contributed by atoms with Crippen LogP contribution < -0.4 is 20.5 Å². The number of anilines is 1. The van der Waals surface area contributed by atoms with Gasteiger partial charge in [0, 0.05) is 26.2 Å². The second-order valence-electron chi connectivity index (χ2n) is 7.28. The quantitative estimate of drug-likeness (QED) is 0.746. The van der Waals surface area contributed by atoms with E-state index in [2.05, 4.69) is 22.2 Å². The van der Waals surface area contributed by atoms with Crippen molar-refractivity contribution < 1.29 is 18.7 Å². The van der Waals surface area contributed by atoms with Gasteiger partial charge in [0.05, 0.1) is 18.8 Å². The van der Waals surface area contributed by atoms with Crippen molar-refractivity contribution in [2.24, 2.45) is 0 Å². The van der Waals surface area contributed by atoms with Crippen LogP contribution in [0.4, 0.5) is 5.69 Å². The van der Waals surface area contributed by atoms with E-state index in [1.54, 1.807) is 12.1 Å². The summed E-state index contributed by atoms with van der Waals surface area (Å²) in [6.07, 6.45) is -0.305. The highest BCUT2D eigenvalue weighted by Gasteiger charge is 2.24. The van der Waals surface area contributed by atoms with Gasteiger partial charge in [0.15, 0.2) is 23.4 Å². The second-order valence-corrected chi connectivity index (χ2v) is 7.28. The molecule has 28 heavy (non-hydrogen) atoms. The molecule has 8 heteroatoms. The van der Waals surface area contributed by atoms with Crippen molar-refractivity contribution in [2.45, 2.75) is 12.6 Å². The standard InChI is InChI=1S/C20H26N4O4/c1-23-7-9-24(10-8-23)12-14-5-6-18(27-14)20(25)22-11-15-13-26-17-4-2-3-16(21)19(17)28-15/h2-6,15H,7-13,21H2,1H3,(H,22,25). The van der Waals surface area contributed by atoms with Gasteiger partial charge in [-0.05, 0) is 31.3 Å². The third kappa shape index (κ3) is 4.23. The van der Waals surface area contributed by atoms with E-state index in [9.17, 15) is 4.79 Å².